The first-order valence-corrected chi connectivity index (χ1v) is 11.4. The van der Waals surface area contributed by atoms with Gasteiger partial charge in [-0.2, -0.15) is 0 Å². The molecule has 6 heteroatoms. The summed E-state index contributed by atoms with van der Waals surface area (Å²) in [6.07, 6.45) is 6.63. The van der Waals surface area contributed by atoms with Gasteiger partial charge in [0.25, 0.3) is 0 Å². The third-order valence-corrected chi connectivity index (χ3v) is 8.10. The number of hydrogen-bond acceptors (Lipinski definition) is 2. The van der Waals surface area contributed by atoms with Crippen molar-refractivity contribution in [3.63, 3.8) is 0 Å². The lowest BCUT2D eigenvalue weighted by Crippen LogP contribution is -2.60. The molecule has 1 saturated heterocycles. The number of likely N-dealkylation sites (tertiary alicyclic amines) is 1. The van der Waals surface area contributed by atoms with Gasteiger partial charge in [-0.05, 0) is 85.5 Å². The second-order valence-corrected chi connectivity index (χ2v) is 10.6. The molecule has 30 heavy (non-hydrogen) atoms. The van der Waals surface area contributed by atoms with Gasteiger partial charge in [-0.25, -0.2) is 9.18 Å². The van der Waals surface area contributed by atoms with Gasteiger partial charge in [0.05, 0.1) is 0 Å². The van der Waals surface area contributed by atoms with E-state index >= 15 is 0 Å². The molecule has 5 aliphatic rings. The van der Waals surface area contributed by atoms with E-state index in [9.17, 15) is 14.0 Å². The van der Waals surface area contributed by atoms with Crippen LogP contribution < -0.4 is 10.6 Å². The van der Waals surface area contributed by atoms with Crippen molar-refractivity contribution < 1.29 is 14.0 Å². The molecule has 1 aromatic rings. The molecule has 1 aromatic carbocycles. The van der Waals surface area contributed by atoms with Crippen molar-refractivity contribution in [3.05, 3.63) is 35.1 Å². The highest BCUT2D eigenvalue weighted by molar-refractivity contribution is 5.76. The zero-order chi connectivity index (χ0) is 21.1. The predicted octanol–water partition coefficient (Wildman–Crippen LogP) is 4.04. The molecular weight excluding hydrogens is 381 g/mol. The number of urea groups is 1. The van der Waals surface area contributed by atoms with Crippen LogP contribution in [0.25, 0.3) is 0 Å². The minimum Gasteiger partial charge on any atom is -0.343 e. The van der Waals surface area contributed by atoms with Crippen molar-refractivity contribution in [1.82, 2.24) is 15.5 Å². The Bertz CT molecular complexity index is 881. The number of amides is 3. The number of hydrogen-bond donors (Lipinski definition) is 2. The highest BCUT2D eigenvalue weighted by atomic mass is 19.1. The minimum absolute atomic E-state index is 0.0861. The molecule has 4 unspecified atom stereocenters. The Labute approximate surface area is 177 Å². The van der Waals surface area contributed by atoms with Gasteiger partial charge in [0.1, 0.15) is 5.82 Å². The number of halogens is 1. The fraction of sp³-hybridized carbons (Fsp3) is 0.667. The Morgan fingerprint density at radius 3 is 2.40 bits per heavy atom. The summed E-state index contributed by atoms with van der Waals surface area (Å²) in [6.45, 7) is 5.35. The average molecular weight is 414 g/mol. The summed E-state index contributed by atoms with van der Waals surface area (Å²) in [6, 6.07) is 5.34. The number of rotatable bonds is 2. The third-order valence-electron chi connectivity index (χ3n) is 8.10. The number of carbonyl (C=O) groups excluding carboxylic acids is 2. The Morgan fingerprint density at radius 1 is 1.07 bits per heavy atom. The van der Waals surface area contributed by atoms with Crippen molar-refractivity contribution in [1.29, 1.82) is 0 Å². The van der Waals surface area contributed by atoms with Gasteiger partial charge in [-0.1, -0.05) is 13.0 Å². The standard InChI is InChI=1S/C24H32FN3O2/c1-15(29)28-7-5-19(6-8-28)26-22(30)27-24-12-16-10-23(2,14-24)11-17(13-24)21-9-18(25)3-4-20(16)21/h3-4,9,16-17,19H,5-8,10-14H2,1-2H3,(H2,26,27,30). The molecule has 1 heterocycles. The second kappa shape index (κ2) is 6.96. The summed E-state index contributed by atoms with van der Waals surface area (Å²) in [5.41, 5.74) is 2.43. The van der Waals surface area contributed by atoms with Crippen LogP contribution in [0.5, 0.6) is 0 Å². The monoisotopic (exact) mass is 413 g/mol. The first kappa shape index (κ1) is 19.8. The maximum absolute atomic E-state index is 14.0. The number of piperidine rings is 1. The van der Waals surface area contributed by atoms with Crippen LogP contribution in [0, 0.1) is 11.2 Å². The third kappa shape index (κ3) is 3.48. The van der Waals surface area contributed by atoms with Gasteiger partial charge in [0.15, 0.2) is 0 Å². The van der Waals surface area contributed by atoms with E-state index in [1.165, 1.54) is 11.1 Å². The summed E-state index contributed by atoms with van der Waals surface area (Å²) in [4.78, 5) is 26.4. The summed E-state index contributed by atoms with van der Waals surface area (Å²) >= 11 is 0. The number of carbonyl (C=O) groups is 2. The molecule has 6 rings (SSSR count). The first-order valence-electron chi connectivity index (χ1n) is 11.4. The molecule has 3 fully saturated rings. The van der Waals surface area contributed by atoms with E-state index in [-0.39, 0.29) is 34.8 Å². The topological polar surface area (TPSA) is 61.4 Å². The van der Waals surface area contributed by atoms with E-state index in [4.69, 9.17) is 0 Å². The second-order valence-electron chi connectivity index (χ2n) is 10.6. The maximum Gasteiger partial charge on any atom is 0.315 e. The number of nitrogens with one attached hydrogen (secondary N) is 2. The molecular formula is C24H32FN3O2. The molecule has 0 aromatic heterocycles. The van der Waals surface area contributed by atoms with Crippen LogP contribution in [0.2, 0.25) is 0 Å². The van der Waals surface area contributed by atoms with Crippen LogP contribution in [-0.4, -0.2) is 41.5 Å². The van der Waals surface area contributed by atoms with Gasteiger partial charge in [0, 0.05) is 31.6 Å². The number of nitrogens with zero attached hydrogens (tertiary/aromatic N) is 1. The van der Waals surface area contributed by atoms with Crippen LogP contribution in [0.3, 0.4) is 0 Å². The summed E-state index contributed by atoms with van der Waals surface area (Å²) < 4.78 is 14.0. The quantitative estimate of drug-likeness (QED) is 0.769. The molecule has 0 radical (unpaired) electrons. The lowest BCUT2D eigenvalue weighted by atomic mass is 9.55. The molecule has 4 bridgehead atoms. The zero-order valence-electron chi connectivity index (χ0n) is 18.0. The van der Waals surface area contributed by atoms with Gasteiger partial charge in [0.2, 0.25) is 5.91 Å². The van der Waals surface area contributed by atoms with Crippen LogP contribution in [0.4, 0.5) is 9.18 Å². The van der Waals surface area contributed by atoms with Gasteiger partial charge in [-0.15, -0.1) is 0 Å². The average Bonchev–Trinajstić information content (AvgIpc) is 2.79. The summed E-state index contributed by atoms with van der Waals surface area (Å²) in [7, 11) is 0. The van der Waals surface area contributed by atoms with Crippen LogP contribution in [0.1, 0.15) is 81.8 Å². The highest BCUT2D eigenvalue weighted by Crippen LogP contribution is 2.62. The molecule has 2 saturated carbocycles. The maximum atomic E-state index is 14.0. The lowest BCUT2D eigenvalue weighted by Gasteiger charge is -2.54. The smallest absolute Gasteiger partial charge is 0.315 e. The van der Waals surface area contributed by atoms with Gasteiger partial charge < -0.3 is 15.5 Å². The number of benzene rings is 1. The molecule has 162 valence electrons. The molecule has 3 amide bonds. The van der Waals surface area contributed by atoms with E-state index in [0.717, 1.165) is 44.9 Å². The van der Waals surface area contributed by atoms with Crippen molar-refractivity contribution >= 4 is 11.9 Å². The van der Waals surface area contributed by atoms with E-state index < -0.39 is 0 Å². The highest BCUT2D eigenvalue weighted by Gasteiger charge is 2.55. The Morgan fingerprint density at radius 2 is 1.73 bits per heavy atom. The minimum atomic E-state index is -0.222. The zero-order valence-corrected chi connectivity index (χ0v) is 18.0. The van der Waals surface area contributed by atoms with Crippen molar-refractivity contribution in [2.75, 3.05) is 13.1 Å². The Kier molecular flexibility index (Phi) is 4.60. The molecule has 2 N–H and O–H groups in total. The largest absolute Gasteiger partial charge is 0.343 e. The molecule has 5 nitrogen and oxygen atoms in total. The van der Waals surface area contributed by atoms with E-state index in [2.05, 4.69) is 17.6 Å². The van der Waals surface area contributed by atoms with Crippen LogP contribution in [-0.2, 0) is 4.79 Å². The van der Waals surface area contributed by atoms with Crippen molar-refractivity contribution in [2.45, 2.75) is 82.2 Å². The Balaban J connectivity index is 1.31. The normalized spacial score (nSPS) is 35.0. The van der Waals surface area contributed by atoms with Crippen LogP contribution in [0.15, 0.2) is 18.2 Å². The molecule has 0 spiro atoms. The van der Waals surface area contributed by atoms with Crippen LogP contribution >= 0.6 is 0 Å². The van der Waals surface area contributed by atoms with Gasteiger partial charge in [-0.3, -0.25) is 4.79 Å². The van der Waals surface area contributed by atoms with E-state index in [1.54, 1.807) is 19.1 Å². The fourth-order valence-corrected chi connectivity index (χ4v) is 7.21. The van der Waals surface area contributed by atoms with Crippen molar-refractivity contribution in [2.24, 2.45) is 5.41 Å². The van der Waals surface area contributed by atoms with E-state index in [1.807, 2.05) is 11.0 Å². The molecule has 4 atom stereocenters. The fourth-order valence-electron chi connectivity index (χ4n) is 7.21. The lowest BCUT2D eigenvalue weighted by molar-refractivity contribution is -0.129. The Hall–Kier alpha value is -2.11. The van der Waals surface area contributed by atoms with E-state index in [0.29, 0.717) is 24.9 Å². The molecule has 4 aliphatic carbocycles. The molecule has 1 aliphatic heterocycles. The predicted molar refractivity (Wildman–Crippen MR) is 113 cm³/mol. The summed E-state index contributed by atoms with van der Waals surface area (Å²) in [5.74, 6) is 0.635. The summed E-state index contributed by atoms with van der Waals surface area (Å²) in [5, 5.41) is 6.56. The first-order chi connectivity index (χ1) is 14.2. The SMILES string of the molecule is CC(=O)N1CCC(NC(=O)NC23CC4CC(C)(CC(C2)c2cc(F)ccc24)C3)CC1. The van der Waals surface area contributed by atoms with Gasteiger partial charge >= 0.3 is 6.03 Å². The van der Waals surface area contributed by atoms with Crippen molar-refractivity contribution in [3.8, 4) is 0 Å².